The number of hydrogen-bond donors (Lipinski definition) is 0. The fourth-order valence-electron chi connectivity index (χ4n) is 6.80. The van der Waals surface area contributed by atoms with E-state index in [1.165, 1.54) is 0 Å². The third-order valence-electron chi connectivity index (χ3n) is 8.57. The molecule has 188 valence electrons. The molecule has 0 saturated heterocycles. The van der Waals surface area contributed by atoms with Crippen molar-refractivity contribution >= 4 is 23.9 Å². The van der Waals surface area contributed by atoms with Crippen molar-refractivity contribution in [3.05, 3.63) is 117 Å². The van der Waals surface area contributed by atoms with Crippen LogP contribution in [0.15, 0.2) is 66.7 Å². The Balaban J connectivity index is 1.58. The average Bonchev–Trinajstić information content (AvgIpc) is 3.56. The van der Waals surface area contributed by atoms with Crippen LogP contribution in [0.5, 0.6) is 0 Å². The van der Waals surface area contributed by atoms with Crippen LogP contribution >= 0.6 is 0 Å². The predicted octanol–water partition coefficient (Wildman–Crippen LogP) is 5.95. The maximum absolute atomic E-state index is 12.7. The van der Waals surface area contributed by atoms with E-state index in [1.54, 1.807) is 24.3 Å². The number of carbonyl (C=O) groups excluding carboxylic acids is 4. The van der Waals surface area contributed by atoms with E-state index < -0.39 is 29.3 Å². The number of cyclic esters (lactones) is 4. The molecule has 0 fully saturated rings. The van der Waals surface area contributed by atoms with Gasteiger partial charge in [-0.1, -0.05) is 63.2 Å². The van der Waals surface area contributed by atoms with E-state index in [4.69, 9.17) is 9.47 Å². The first-order valence-electron chi connectivity index (χ1n) is 12.8. The lowest BCUT2D eigenvalue weighted by Crippen LogP contribution is -2.27. The van der Waals surface area contributed by atoms with Gasteiger partial charge < -0.3 is 9.47 Å². The number of carbonyl (C=O) groups is 4. The molecule has 0 bridgehead atoms. The summed E-state index contributed by atoms with van der Waals surface area (Å²) in [5, 5.41) is 0. The third-order valence-corrected chi connectivity index (χ3v) is 8.57. The molecule has 8 rings (SSSR count). The second-order valence-corrected chi connectivity index (χ2v) is 11.5. The molecule has 2 heterocycles. The van der Waals surface area contributed by atoms with E-state index >= 15 is 0 Å². The molecule has 6 nitrogen and oxygen atoms in total. The van der Waals surface area contributed by atoms with Gasteiger partial charge in [0.25, 0.3) is 0 Å². The number of hydrogen-bond acceptors (Lipinski definition) is 6. The fraction of sp³-hybridized carbons (Fsp3) is 0.152. The number of esters is 4. The average molecular weight is 513 g/mol. The second-order valence-electron chi connectivity index (χ2n) is 11.5. The van der Waals surface area contributed by atoms with Crippen LogP contribution in [-0.2, 0) is 20.3 Å². The van der Waals surface area contributed by atoms with E-state index in [2.05, 4.69) is 51.1 Å². The highest BCUT2D eigenvalue weighted by atomic mass is 16.6. The molecular weight excluding hydrogens is 492 g/mol. The Morgan fingerprint density at radius 1 is 0.487 bits per heavy atom. The molecule has 4 aliphatic rings. The van der Waals surface area contributed by atoms with Gasteiger partial charge >= 0.3 is 23.9 Å². The van der Waals surface area contributed by atoms with Crippen molar-refractivity contribution in [3.8, 4) is 22.3 Å². The lowest BCUT2D eigenvalue weighted by molar-refractivity contribution is 0.0425. The van der Waals surface area contributed by atoms with Gasteiger partial charge in [-0.25, -0.2) is 19.2 Å². The minimum absolute atomic E-state index is 0.141. The van der Waals surface area contributed by atoms with E-state index in [-0.39, 0.29) is 27.7 Å². The van der Waals surface area contributed by atoms with Crippen LogP contribution in [0.25, 0.3) is 22.3 Å². The summed E-state index contributed by atoms with van der Waals surface area (Å²) in [5.74, 6) is -2.75. The Kier molecular flexibility index (Phi) is 3.85. The Morgan fingerprint density at radius 3 is 1.49 bits per heavy atom. The molecule has 0 saturated carbocycles. The van der Waals surface area contributed by atoms with Gasteiger partial charge in [-0.2, -0.15) is 0 Å². The summed E-state index contributed by atoms with van der Waals surface area (Å²) in [6.07, 6.45) is 0. The van der Waals surface area contributed by atoms with Gasteiger partial charge in [0, 0.05) is 0 Å². The number of ether oxygens (including phenoxy) is 2. The number of rotatable bonds is 0. The number of fused-ring (bicyclic) bond motifs is 12. The Bertz CT molecular complexity index is 1840. The quantitative estimate of drug-likeness (QED) is 0.185. The first-order valence-corrected chi connectivity index (χ1v) is 12.8. The van der Waals surface area contributed by atoms with Crippen molar-refractivity contribution in [2.45, 2.75) is 31.6 Å². The Labute approximate surface area is 223 Å². The molecule has 4 aromatic rings. The molecule has 0 amide bonds. The summed E-state index contributed by atoms with van der Waals surface area (Å²) >= 11 is 0. The third kappa shape index (κ3) is 2.51. The van der Waals surface area contributed by atoms with Crippen molar-refractivity contribution in [1.82, 2.24) is 0 Å². The summed E-state index contributed by atoms with van der Waals surface area (Å²) in [7, 11) is 0. The van der Waals surface area contributed by atoms with Crippen molar-refractivity contribution in [3.63, 3.8) is 0 Å². The van der Waals surface area contributed by atoms with E-state index in [0.717, 1.165) is 38.9 Å². The van der Waals surface area contributed by atoms with Crippen molar-refractivity contribution in [2.24, 2.45) is 0 Å². The molecule has 4 aromatic carbocycles. The highest BCUT2D eigenvalue weighted by molar-refractivity contribution is 6.18. The maximum atomic E-state index is 12.7. The first kappa shape index (κ1) is 22.2. The fourth-order valence-corrected chi connectivity index (χ4v) is 6.80. The van der Waals surface area contributed by atoms with Gasteiger partial charge in [0.15, 0.2) is 0 Å². The lowest BCUT2D eigenvalue weighted by atomic mass is 9.69. The SMILES string of the molecule is CC(C)(C)c1ccc2c(c1)C1(c3ccccc3-2)c2cc3c(cc2-c2cc4c(cc21)C(=O)OC4=O)C(=O)OC3=O. The smallest absolute Gasteiger partial charge is 0.346 e. The minimum atomic E-state index is -0.889. The normalized spacial score (nSPS) is 16.9. The van der Waals surface area contributed by atoms with E-state index in [0.29, 0.717) is 11.1 Å². The van der Waals surface area contributed by atoms with Crippen LogP contribution in [0.1, 0.15) is 90.0 Å². The molecular formula is C33H20O6. The molecule has 0 N–H and O–H groups in total. The zero-order chi connectivity index (χ0) is 27.0. The second kappa shape index (κ2) is 6.77. The van der Waals surface area contributed by atoms with Crippen LogP contribution in [0.3, 0.4) is 0 Å². The highest BCUT2D eigenvalue weighted by Gasteiger charge is 2.54. The topological polar surface area (TPSA) is 86.7 Å². The predicted molar refractivity (Wildman–Crippen MR) is 141 cm³/mol. The molecule has 2 aliphatic carbocycles. The van der Waals surface area contributed by atoms with Gasteiger partial charge in [-0.15, -0.1) is 0 Å². The van der Waals surface area contributed by atoms with Crippen molar-refractivity contribution in [1.29, 1.82) is 0 Å². The van der Waals surface area contributed by atoms with Crippen LogP contribution < -0.4 is 0 Å². The molecule has 0 radical (unpaired) electrons. The summed E-state index contributed by atoms with van der Waals surface area (Å²) < 4.78 is 9.92. The van der Waals surface area contributed by atoms with Gasteiger partial charge in [0.1, 0.15) is 0 Å². The summed E-state index contributed by atoms with van der Waals surface area (Å²) in [6, 6.07) is 21.5. The molecule has 0 unspecified atom stereocenters. The lowest BCUT2D eigenvalue weighted by Gasteiger charge is -2.32. The molecule has 0 atom stereocenters. The minimum Gasteiger partial charge on any atom is -0.386 e. The summed E-state index contributed by atoms with van der Waals surface area (Å²) in [6.45, 7) is 6.47. The highest BCUT2D eigenvalue weighted by Crippen LogP contribution is 2.64. The Hall–Kier alpha value is -4.84. The monoisotopic (exact) mass is 512 g/mol. The Morgan fingerprint density at radius 2 is 0.949 bits per heavy atom. The first-order chi connectivity index (χ1) is 18.6. The van der Waals surface area contributed by atoms with Crippen LogP contribution in [-0.4, -0.2) is 23.9 Å². The van der Waals surface area contributed by atoms with Crippen LogP contribution in [0, 0.1) is 0 Å². The van der Waals surface area contributed by atoms with E-state index in [1.807, 2.05) is 12.1 Å². The summed E-state index contributed by atoms with van der Waals surface area (Å²) in [4.78, 5) is 50.6. The van der Waals surface area contributed by atoms with Gasteiger partial charge in [-0.3, -0.25) is 0 Å². The molecule has 2 aliphatic heterocycles. The zero-order valence-corrected chi connectivity index (χ0v) is 21.3. The standard InChI is InChI=1S/C33H20O6/c1-32(2,3)15-8-9-17-16-6-4-5-7-24(16)33(25(17)10-15)26-13-22-20(28(34)38-30(22)36)11-18(26)19-12-21-23(14-27(19)33)31(37)39-29(21)35/h4-14H,1-3H3. The van der Waals surface area contributed by atoms with Gasteiger partial charge in [0.05, 0.1) is 27.7 Å². The largest absolute Gasteiger partial charge is 0.386 e. The van der Waals surface area contributed by atoms with Crippen molar-refractivity contribution in [2.75, 3.05) is 0 Å². The van der Waals surface area contributed by atoms with Crippen molar-refractivity contribution < 1.29 is 28.7 Å². The van der Waals surface area contributed by atoms with Crippen LogP contribution in [0.4, 0.5) is 0 Å². The van der Waals surface area contributed by atoms with Gasteiger partial charge in [0.2, 0.25) is 0 Å². The van der Waals surface area contributed by atoms with Gasteiger partial charge in [-0.05, 0) is 79.8 Å². The molecule has 39 heavy (non-hydrogen) atoms. The van der Waals surface area contributed by atoms with Crippen LogP contribution in [0.2, 0.25) is 0 Å². The van der Waals surface area contributed by atoms with E-state index in [9.17, 15) is 19.2 Å². The maximum Gasteiger partial charge on any atom is 0.346 e. The zero-order valence-electron chi connectivity index (χ0n) is 21.3. The number of benzene rings is 4. The summed E-state index contributed by atoms with van der Waals surface area (Å²) in [5.41, 5.74) is 8.09. The molecule has 6 heteroatoms. The molecule has 1 spiro atoms. The molecule has 0 aromatic heterocycles.